The Morgan fingerprint density at radius 2 is 1.86 bits per heavy atom. The maximum Gasteiger partial charge on any atom is 0.231 e. The van der Waals surface area contributed by atoms with Gasteiger partial charge in [-0.3, -0.25) is 4.99 Å². The van der Waals surface area contributed by atoms with Gasteiger partial charge in [0.05, 0.1) is 6.54 Å². The molecule has 0 radical (unpaired) electrons. The minimum absolute atomic E-state index is 0.283. The molecular formula is C21H23N5O2. The quantitative estimate of drug-likeness (QED) is 0.510. The minimum atomic E-state index is 0.283. The topological polar surface area (TPSA) is 72.7 Å². The van der Waals surface area contributed by atoms with Gasteiger partial charge in [-0.15, -0.1) is 0 Å². The van der Waals surface area contributed by atoms with Gasteiger partial charge in [-0.2, -0.15) is 0 Å². The van der Waals surface area contributed by atoms with Crippen molar-refractivity contribution >= 4 is 5.96 Å². The van der Waals surface area contributed by atoms with Crippen LogP contribution in [-0.4, -0.2) is 29.4 Å². The number of hydrogen-bond donors (Lipinski definition) is 2. The summed E-state index contributed by atoms with van der Waals surface area (Å²) in [6, 6.07) is 16.3. The summed E-state index contributed by atoms with van der Waals surface area (Å²) in [4.78, 5) is 8.75. The molecule has 0 saturated carbocycles. The van der Waals surface area contributed by atoms with Gasteiger partial charge in [0, 0.05) is 32.5 Å². The Balaban J connectivity index is 1.32. The molecule has 0 atom stereocenters. The Morgan fingerprint density at radius 3 is 2.71 bits per heavy atom. The third kappa shape index (κ3) is 4.25. The first kappa shape index (κ1) is 17.9. The molecule has 1 aromatic heterocycles. The van der Waals surface area contributed by atoms with Gasteiger partial charge in [-0.05, 0) is 23.3 Å². The van der Waals surface area contributed by atoms with Crippen LogP contribution in [0.4, 0.5) is 0 Å². The van der Waals surface area contributed by atoms with Crippen molar-refractivity contribution in [3.63, 3.8) is 0 Å². The number of guanidine groups is 1. The van der Waals surface area contributed by atoms with Crippen molar-refractivity contribution in [2.24, 2.45) is 4.99 Å². The molecule has 3 aromatic rings. The first-order valence-corrected chi connectivity index (χ1v) is 9.19. The monoisotopic (exact) mass is 377 g/mol. The van der Waals surface area contributed by atoms with E-state index >= 15 is 0 Å². The van der Waals surface area contributed by atoms with Crippen LogP contribution in [-0.2, 0) is 19.6 Å². The largest absolute Gasteiger partial charge is 0.454 e. The molecule has 1 aliphatic rings. The molecule has 2 aromatic carbocycles. The fraction of sp³-hybridized carbons (Fsp3) is 0.238. The Bertz CT molecular complexity index is 952. The van der Waals surface area contributed by atoms with Crippen molar-refractivity contribution in [3.05, 3.63) is 77.9 Å². The summed E-state index contributed by atoms with van der Waals surface area (Å²) in [5.41, 5.74) is 2.34. The second kappa shape index (κ2) is 8.47. The number of nitrogens with one attached hydrogen (secondary N) is 2. The number of aromatic nitrogens is 2. The number of imidazole rings is 1. The highest BCUT2D eigenvalue weighted by atomic mass is 16.7. The number of benzene rings is 2. The van der Waals surface area contributed by atoms with Gasteiger partial charge in [-0.1, -0.05) is 36.4 Å². The SMILES string of the molecule is CN=C(NCc1ccc2c(c1)OCO2)NCc1nccn1Cc1ccccc1. The van der Waals surface area contributed by atoms with E-state index in [4.69, 9.17) is 9.47 Å². The lowest BCUT2D eigenvalue weighted by Crippen LogP contribution is -2.37. The average molecular weight is 377 g/mol. The van der Waals surface area contributed by atoms with E-state index in [1.807, 2.05) is 48.8 Å². The molecule has 0 bridgehead atoms. The van der Waals surface area contributed by atoms with Crippen LogP contribution < -0.4 is 20.1 Å². The Hall–Kier alpha value is -3.48. The number of rotatable bonds is 6. The fourth-order valence-electron chi connectivity index (χ4n) is 3.05. The van der Waals surface area contributed by atoms with Crippen LogP contribution in [0.3, 0.4) is 0 Å². The Labute approximate surface area is 164 Å². The van der Waals surface area contributed by atoms with Gasteiger partial charge in [0.15, 0.2) is 17.5 Å². The van der Waals surface area contributed by atoms with Crippen LogP contribution in [0.2, 0.25) is 0 Å². The first-order chi connectivity index (χ1) is 13.8. The van der Waals surface area contributed by atoms with Gasteiger partial charge in [-0.25, -0.2) is 4.98 Å². The molecule has 1 aliphatic heterocycles. The highest BCUT2D eigenvalue weighted by Crippen LogP contribution is 2.32. The lowest BCUT2D eigenvalue weighted by atomic mass is 10.2. The van der Waals surface area contributed by atoms with E-state index in [0.717, 1.165) is 29.4 Å². The van der Waals surface area contributed by atoms with E-state index in [1.165, 1.54) is 5.56 Å². The predicted octanol–water partition coefficient (Wildman–Crippen LogP) is 2.53. The molecule has 0 spiro atoms. The molecule has 0 fully saturated rings. The van der Waals surface area contributed by atoms with E-state index in [2.05, 4.69) is 37.3 Å². The zero-order valence-corrected chi connectivity index (χ0v) is 15.8. The van der Waals surface area contributed by atoms with Crippen LogP contribution >= 0.6 is 0 Å². The third-order valence-electron chi connectivity index (χ3n) is 4.53. The van der Waals surface area contributed by atoms with Crippen LogP contribution in [0.1, 0.15) is 17.0 Å². The molecule has 0 saturated heterocycles. The van der Waals surface area contributed by atoms with E-state index in [-0.39, 0.29) is 6.79 Å². The number of hydrogen-bond acceptors (Lipinski definition) is 4. The molecule has 7 heteroatoms. The molecule has 0 unspecified atom stereocenters. The molecule has 2 N–H and O–H groups in total. The average Bonchev–Trinajstić information content (AvgIpc) is 3.38. The normalized spacial score (nSPS) is 12.8. The number of ether oxygens (including phenoxy) is 2. The van der Waals surface area contributed by atoms with E-state index in [1.54, 1.807) is 7.05 Å². The maximum absolute atomic E-state index is 5.42. The summed E-state index contributed by atoms with van der Waals surface area (Å²) >= 11 is 0. The van der Waals surface area contributed by atoms with E-state index < -0.39 is 0 Å². The van der Waals surface area contributed by atoms with Crippen LogP contribution in [0.25, 0.3) is 0 Å². The highest BCUT2D eigenvalue weighted by Gasteiger charge is 2.13. The first-order valence-electron chi connectivity index (χ1n) is 9.19. The van der Waals surface area contributed by atoms with Crippen molar-refractivity contribution in [1.29, 1.82) is 0 Å². The zero-order chi connectivity index (χ0) is 19.2. The van der Waals surface area contributed by atoms with Gasteiger partial charge in [0.2, 0.25) is 6.79 Å². The zero-order valence-electron chi connectivity index (χ0n) is 15.8. The molecule has 0 amide bonds. The smallest absolute Gasteiger partial charge is 0.231 e. The summed E-state index contributed by atoms with van der Waals surface area (Å²) in [6.07, 6.45) is 3.82. The summed E-state index contributed by atoms with van der Waals surface area (Å²) in [5, 5.41) is 6.63. The number of nitrogens with zero attached hydrogens (tertiary/aromatic N) is 3. The predicted molar refractivity (Wildman–Crippen MR) is 107 cm³/mol. The van der Waals surface area contributed by atoms with Crippen molar-refractivity contribution in [2.45, 2.75) is 19.6 Å². The summed E-state index contributed by atoms with van der Waals surface area (Å²) < 4.78 is 12.9. The summed E-state index contributed by atoms with van der Waals surface area (Å²) in [5.74, 6) is 3.24. The Kier molecular flexibility index (Phi) is 5.42. The molecule has 144 valence electrons. The van der Waals surface area contributed by atoms with Gasteiger partial charge in [0.1, 0.15) is 5.82 Å². The van der Waals surface area contributed by atoms with Crippen molar-refractivity contribution in [1.82, 2.24) is 20.2 Å². The number of fused-ring (bicyclic) bond motifs is 1. The molecule has 7 nitrogen and oxygen atoms in total. The van der Waals surface area contributed by atoms with Gasteiger partial charge >= 0.3 is 0 Å². The second-order valence-electron chi connectivity index (χ2n) is 6.42. The van der Waals surface area contributed by atoms with Crippen LogP contribution in [0.15, 0.2) is 65.9 Å². The van der Waals surface area contributed by atoms with E-state index in [9.17, 15) is 0 Å². The maximum atomic E-state index is 5.42. The van der Waals surface area contributed by atoms with Gasteiger partial charge < -0.3 is 24.7 Å². The van der Waals surface area contributed by atoms with E-state index in [0.29, 0.717) is 19.0 Å². The second-order valence-corrected chi connectivity index (χ2v) is 6.42. The summed E-state index contributed by atoms with van der Waals surface area (Å²) in [7, 11) is 1.76. The molecule has 4 rings (SSSR count). The molecule has 0 aliphatic carbocycles. The number of aliphatic imine (C=N–C) groups is 1. The van der Waals surface area contributed by atoms with Crippen LogP contribution in [0.5, 0.6) is 11.5 Å². The van der Waals surface area contributed by atoms with Crippen molar-refractivity contribution < 1.29 is 9.47 Å². The van der Waals surface area contributed by atoms with Crippen LogP contribution in [0, 0.1) is 0 Å². The Morgan fingerprint density at radius 1 is 1.04 bits per heavy atom. The van der Waals surface area contributed by atoms with Crippen molar-refractivity contribution in [3.8, 4) is 11.5 Å². The molecule has 28 heavy (non-hydrogen) atoms. The molecule has 2 heterocycles. The lowest BCUT2D eigenvalue weighted by Gasteiger charge is -2.13. The minimum Gasteiger partial charge on any atom is -0.454 e. The molecular weight excluding hydrogens is 354 g/mol. The van der Waals surface area contributed by atoms with Crippen molar-refractivity contribution in [2.75, 3.05) is 13.8 Å². The standard InChI is InChI=1S/C21H23N5O2/c1-22-21(24-12-17-7-8-18-19(11-17)28-15-27-18)25-13-20-23-9-10-26(20)14-16-5-3-2-4-6-16/h2-11H,12-15H2,1H3,(H2,22,24,25). The van der Waals surface area contributed by atoms with Gasteiger partial charge in [0.25, 0.3) is 0 Å². The third-order valence-corrected chi connectivity index (χ3v) is 4.53. The summed E-state index contributed by atoms with van der Waals surface area (Å²) in [6.45, 7) is 2.29. The fourth-order valence-corrected chi connectivity index (χ4v) is 3.05. The lowest BCUT2D eigenvalue weighted by molar-refractivity contribution is 0.174. The highest BCUT2D eigenvalue weighted by molar-refractivity contribution is 5.79.